The zero-order chi connectivity index (χ0) is 15.8. The van der Waals surface area contributed by atoms with E-state index < -0.39 is 0 Å². The normalized spacial score (nSPS) is 11.4. The molecule has 0 amide bonds. The Bertz CT molecular complexity index is 410. The Morgan fingerprint density at radius 1 is 1.10 bits per heavy atom. The van der Waals surface area contributed by atoms with Gasteiger partial charge in [0.25, 0.3) is 0 Å². The molecule has 1 aromatic rings. The summed E-state index contributed by atoms with van der Waals surface area (Å²) in [6.07, 6.45) is 3.87. The van der Waals surface area contributed by atoms with Gasteiger partial charge in [0.1, 0.15) is 0 Å². The van der Waals surface area contributed by atoms with Crippen LogP contribution < -0.4 is 10.2 Å². The predicted octanol–water partition coefficient (Wildman–Crippen LogP) is 4.90. The van der Waals surface area contributed by atoms with Gasteiger partial charge in [-0.15, -0.1) is 0 Å². The van der Waals surface area contributed by atoms with Gasteiger partial charge >= 0.3 is 0 Å². The van der Waals surface area contributed by atoms with Gasteiger partial charge in [-0.3, -0.25) is 0 Å². The Balaban J connectivity index is 2.94. The van der Waals surface area contributed by atoms with Gasteiger partial charge in [-0.1, -0.05) is 51.3 Å². The van der Waals surface area contributed by atoms with E-state index in [1.807, 2.05) is 0 Å². The lowest BCUT2D eigenvalue weighted by Crippen LogP contribution is -2.33. The van der Waals surface area contributed by atoms with E-state index in [4.69, 9.17) is 0 Å². The van der Waals surface area contributed by atoms with Crippen LogP contribution in [-0.2, 0) is 6.54 Å². The molecule has 1 rings (SSSR count). The first-order chi connectivity index (χ1) is 9.95. The lowest BCUT2D eigenvalue weighted by molar-refractivity contribution is 0.582. The summed E-state index contributed by atoms with van der Waals surface area (Å²) in [5.41, 5.74) is 4.17. The molecule has 120 valence electrons. The minimum Gasteiger partial charge on any atom is -0.369 e. The van der Waals surface area contributed by atoms with Crippen molar-refractivity contribution < 1.29 is 0 Å². The van der Waals surface area contributed by atoms with E-state index in [0.29, 0.717) is 12.1 Å². The topological polar surface area (TPSA) is 15.3 Å². The fraction of sp³-hybridized carbons (Fsp3) is 0.684. The summed E-state index contributed by atoms with van der Waals surface area (Å²) in [5.74, 6) is 0. The van der Waals surface area contributed by atoms with Crippen LogP contribution in [0.3, 0.4) is 0 Å². The van der Waals surface area contributed by atoms with Crippen molar-refractivity contribution in [3.8, 4) is 0 Å². The lowest BCUT2D eigenvalue weighted by atomic mass is 10.1. The molecule has 0 heterocycles. The van der Waals surface area contributed by atoms with Crippen molar-refractivity contribution in [3.05, 3.63) is 29.3 Å². The summed E-state index contributed by atoms with van der Waals surface area (Å²) in [7, 11) is 0. The number of benzene rings is 1. The zero-order valence-electron chi connectivity index (χ0n) is 14.9. The van der Waals surface area contributed by atoms with E-state index in [1.54, 1.807) is 0 Å². The van der Waals surface area contributed by atoms with E-state index in [2.05, 4.69) is 70.0 Å². The molecule has 0 unspecified atom stereocenters. The molecule has 21 heavy (non-hydrogen) atoms. The third kappa shape index (κ3) is 6.09. The second-order valence-corrected chi connectivity index (χ2v) is 6.66. The standard InChI is InChI=1S/C19H34N2/c1-7-8-9-12-21(16(4)5)19-11-10-17(6)13-18(19)14-20-15(2)3/h10-11,13,15-16,20H,7-9,12,14H2,1-6H3. The Kier molecular flexibility index (Phi) is 7.81. The Hall–Kier alpha value is -1.02. The van der Waals surface area contributed by atoms with Crippen LogP contribution >= 0.6 is 0 Å². The van der Waals surface area contributed by atoms with Crippen LogP contribution in [0.1, 0.15) is 65.0 Å². The number of anilines is 1. The first kappa shape index (κ1) is 18.0. The smallest absolute Gasteiger partial charge is 0.0414 e. The van der Waals surface area contributed by atoms with E-state index in [1.165, 1.54) is 36.1 Å². The maximum absolute atomic E-state index is 3.56. The average molecular weight is 290 g/mol. The molecule has 0 saturated carbocycles. The molecule has 2 heteroatoms. The summed E-state index contributed by atoms with van der Waals surface area (Å²) < 4.78 is 0. The average Bonchev–Trinajstić information content (AvgIpc) is 2.42. The third-order valence-corrected chi connectivity index (χ3v) is 3.87. The van der Waals surface area contributed by atoms with Gasteiger partial charge in [-0.2, -0.15) is 0 Å². The molecular weight excluding hydrogens is 256 g/mol. The number of rotatable bonds is 9. The van der Waals surface area contributed by atoms with Crippen molar-refractivity contribution in [1.29, 1.82) is 0 Å². The maximum Gasteiger partial charge on any atom is 0.0414 e. The number of nitrogens with one attached hydrogen (secondary N) is 1. The van der Waals surface area contributed by atoms with Gasteiger partial charge in [-0.25, -0.2) is 0 Å². The van der Waals surface area contributed by atoms with Crippen molar-refractivity contribution in [2.75, 3.05) is 11.4 Å². The van der Waals surface area contributed by atoms with Gasteiger partial charge in [0.15, 0.2) is 0 Å². The molecule has 0 aliphatic carbocycles. The Morgan fingerprint density at radius 2 is 1.81 bits per heavy atom. The predicted molar refractivity (Wildman–Crippen MR) is 95.2 cm³/mol. The van der Waals surface area contributed by atoms with Gasteiger partial charge in [0.2, 0.25) is 0 Å². The van der Waals surface area contributed by atoms with Crippen molar-refractivity contribution in [2.24, 2.45) is 0 Å². The quantitative estimate of drug-likeness (QED) is 0.651. The maximum atomic E-state index is 3.56. The Morgan fingerprint density at radius 3 is 2.38 bits per heavy atom. The van der Waals surface area contributed by atoms with Crippen LogP contribution in [0, 0.1) is 6.92 Å². The molecule has 1 N–H and O–H groups in total. The van der Waals surface area contributed by atoms with Crippen LogP contribution in [0.4, 0.5) is 5.69 Å². The molecule has 0 aliphatic heterocycles. The first-order valence-corrected chi connectivity index (χ1v) is 8.55. The fourth-order valence-electron chi connectivity index (χ4n) is 2.64. The summed E-state index contributed by atoms with van der Waals surface area (Å²) in [5, 5.41) is 3.56. The summed E-state index contributed by atoms with van der Waals surface area (Å²) in [6, 6.07) is 7.94. The van der Waals surface area contributed by atoms with E-state index in [0.717, 1.165) is 13.1 Å². The van der Waals surface area contributed by atoms with Crippen LogP contribution in [0.15, 0.2) is 18.2 Å². The lowest BCUT2D eigenvalue weighted by Gasteiger charge is -2.31. The fourth-order valence-corrected chi connectivity index (χ4v) is 2.64. The first-order valence-electron chi connectivity index (χ1n) is 8.55. The molecule has 0 bridgehead atoms. The molecule has 0 aliphatic rings. The van der Waals surface area contributed by atoms with Gasteiger partial charge in [-0.05, 0) is 38.8 Å². The van der Waals surface area contributed by atoms with Crippen LogP contribution in [-0.4, -0.2) is 18.6 Å². The number of aryl methyl sites for hydroxylation is 1. The highest BCUT2D eigenvalue weighted by molar-refractivity contribution is 5.55. The number of unbranched alkanes of at least 4 members (excludes halogenated alkanes) is 2. The summed E-state index contributed by atoms with van der Waals surface area (Å²) >= 11 is 0. The van der Waals surface area contributed by atoms with E-state index in [9.17, 15) is 0 Å². The van der Waals surface area contributed by atoms with E-state index in [-0.39, 0.29) is 0 Å². The molecule has 0 saturated heterocycles. The molecule has 0 radical (unpaired) electrons. The van der Waals surface area contributed by atoms with Gasteiger partial charge in [0.05, 0.1) is 0 Å². The van der Waals surface area contributed by atoms with Crippen molar-refractivity contribution in [1.82, 2.24) is 5.32 Å². The molecule has 0 spiro atoms. The summed E-state index contributed by atoms with van der Waals surface area (Å²) in [4.78, 5) is 2.56. The third-order valence-electron chi connectivity index (χ3n) is 3.87. The molecular formula is C19H34N2. The highest BCUT2D eigenvalue weighted by Crippen LogP contribution is 2.25. The molecule has 2 nitrogen and oxygen atoms in total. The van der Waals surface area contributed by atoms with Crippen molar-refractivity contribution in [3.63, 3.8) is 0 Å². The SMILES string of the molecule is CCCCCN(c1ccc(C)cc1CNC(C)C)C(C)C. The monoisotopic (exact) mass is 290 g/mol. The molecule has 1 aromatic carbocycles. The zero-order valence-corrected chi connectivity index (χ0v) is 14.9. The minimum absolute atomic E-state index is 0.519. The van der Waals surface area contributed by atoms with Crippen molar-refractivity contribution in [2.45, 2.75) is 79.4 Å². The van der Waals surface area contributed by atoms with Gasteiger partial charge < -0.3 is 10.2 Å². The molecule has 0 atom stereocenters. The van der Waals surface area contributed by atoms with Crippen LogP contribution in [0.25, 0.3) is 0 Å². The van der Waals surface area contributed by atoms with Crippen molar-refractivity contribution >= 4 is 5.69 Å². The van der Waals surface area contributed by atoms with Crippen LogP contribution in [0.5, 0.6) is 0 Å². The molecule has 0 fully saturated rings. The second kappa shape index (κ2) is 9.09. The number of nitrogens with zero attached hydrogens (tertiary/aromatic N) is 1. The Labute approximate surface area is 131 Å². The summed E-state index contributed by atoms with van der Waals surface area (Å²) in [6.45, 7) is 15.6. The molecule has 0 aromatic heterocycles. The van der Waals surface area contributed by atoms with Crippen LogP contribution in [0.2, 0.25) is 0 Å². The number of hydrogen-bond donors (Lipinski definition) is 1. The minimum atomic E-state index is 0.519. The second-order valence-electron chi connectivity index (χ2n) is 6.66. The largest absolute Gasteiger partial charge is 0.369 e. The number of hydrogen-bond acceptors (Lipinski definition) is 2. The van der Waals surface area contributed by atoms with Gasteiger partial charge in [0, 0.05) is 30.9 Å². The van der Waals surface area contributed by atoms with E-state index >= 15 is 0 Å². The highest BCUT2D eigenvalue weighted by atomic mass is 15.2. The highest BCUT2D eigenvalue weighted by Gasteiger charge is 2.14.